The fourth-order valence-corrected chi connectivity index (χ4v) is 1.33. The first-order valence-corrected chi connectivity index (χ1v) is 4.77. The number of aryl methyl sites for hydroxylation is 1. The monoisotopic (exact) mass is 194 g/mol. The average Bonchev–Trinajstić information content (AvgIpc) is 2.18. The van der Waals surface area contributed by atoms with E-state index in [4.69, 9.17) is 4.74 Å². The molecule has 0 atom stereocenters. The molecule has 2 nitrogen and oxygen atoms in total. The van der Waals surface area contributed by atoms with Crippen LogP contribution in [-0.2, 0) is 5.41 Å². The molecule has 1 rings (SSSR count). The molecule has 0 amide bonds. The van der Waals surface area contributed by atoms with Crippen LogP contribution in [0.25, 0.3) is 0 Å². The van der Waals surface area contributed by atoms with E-state index in [1.54, 1.807) is 7.11 Å². The fourth-order valence-electron chi connectivity index (χ4n) is 1.33. The SMILES string of the molecule is COc1cc(C(C)(C)CO)ccc1C. The lowest BCUT2D eigenvalue weighted by molar-refractivity contribution is 0.218. The minimum Gasteiger partial charge on any atom is -0.496 e. The molecule has 78 valence electrons. The second kappa shape index (κ2) is 4.01. The number of ether oxygens (including phenoxy) is 1. The highest BCUT2D eigenvalue weighted by Gasteiger charge is 2.20. The molecule has 0 aliphatic heterocycles. The summed E-state index contributed by atoms with van der Waals surface area (Å²) in [7, 11) is 1.66. The van der Waals surface area contributed by atoms with Crippen molar-refractivity contribution in [2.75, 3.05) is 13.7 Å². The first-order valence-electron chi connectivity index (χ1n) is 4.77. The third-order valence-corrected chi connectivity index (χ3v) is 2.58. The van der Waals surface area contributed by atoms with Crippen LogP contribution in [-0.4, -0.2) is 18.8 Å². The largest absolute Gasteiger partial charge is 0.496 e. The highest BCUT2D eigenvalue weighted by molar-refractivity contribution is 5.39. The van der Waals surface area contributed by atoms with E-state index < -0.39 is 0 Å². The number of methoxy groups -OCH3 is 1. The van der Waals surface area contributed by atoms with Crippen molar-refractivity contribution in [1.29, 1.82) is 0 Å². The Morgan fingerprint density at radius 1 is 1.36 bits per heavy atom. The minimum absolute atomic E-state index is 0.138. The van der Waals surface area contributed by atoms with Crippen LogP contribution < -0.4 is 4.74 Å². The zero-order valence-corrected chi connectivity index (χ0v) is 9.29. The maximum Gasteiger partial charge on any atom is 0.122 e. The molecular weight excluding hydrogens is 176 g/mol. The van der Waals surface area contributed by atoms with Crippen LogP contribution in [0.3, 0.4) is 0 Å². The van der Waals surface area contributed by atoms with Crippen LogP contribution in [0.4, 0.5) is 0 Å². The molecule has 14 heavy (non-hydrogen) atoms. The van der Waals surface area contributed by atoms with E-state index in [0.29, 0.717) is 0 Å². The van der Waals surface area contributed by atoms with Gasteiger partial charge in [-0.1, -0.05) is 26.0 Å². The minimum atomic E-state index is -0.207. The number of hydrogen-bond donors (Lipinski definition) is 1. The van der Waals surface area contributed by atoms with Crippen molar-refractivity contribution in [2.24, 2.45) is 0 Å². The Kier molecular flexibility index (Phi) is 3.17. The molecule has 0 fully saturated rings. The fraction of sp³-hybridized carbons (Fsp3) is 0.500. The average molecular weight is 194 g/mol. The second-order valence-corrected chi connectivity index (χ2v) is 4.23. The Morgan fingerprint density at radius 2 is 2.00 bits per heavy atom. The molecule has 0 bridgehead atoms. The van der Waals surface area contributed by atoms with Gasteiger partial charge in [-0.05, 0) is 24.1 Å². The Balaban J connectivity index is 3.12. The number of aliphatic hydroxyl groups excluding tert-OH is 1. The van der Waals surface area contributed by atoms with Gasteiger partial charge in [0.05, 0.1) is 13.7 Å². The first-order chi connectivity index (χ1) is 6.51. The topological polar surface area (TPSA) is 29.5 Å². The summed E-state index contributed by atoms with van der Waals surface area (Å²) in [6.45, 7) is 6.17. The molecule has 2 heteroatoms. The molecule has 1 aromatic carbocycles. The van der Waals surface area contributed by atoms with Gasteiger partial charge < -0.3 is 9.84 Å². The van der Waals surface area contributed by atoms with E-state index in [9.17, 15) is 5.11 Å². The zero-order valence-electron chi connectivity index (χ0n) is 9.29. The Labute approximate surface area is 85.5 Å². The Hall–Kier alpha value is -1.02. The molecule has 0 radical (unpaired) electrons. The van der Waals surface area contributed by atoms with Gasteiger partial charge in [-0.25, -0.2) is 0 Å². The first kappa shape index (κ1) is 11.1. The summed E-state index contributed by atoms with van der Waals surface area (Å²) in [6.07, 6.45) is 0. The Bertz CT molecular complexity index is 316. The normalized spacial score (nSPS) is 11.5. The van der Waals surface area contributed by atoms with Crippen molar-refractivity contribution in [3.63, 3.8) is 0 Å². The summed E-state index contributed by atoms with van der Waals surface area (Å²) < 4.78 is 5.24. The van der Waals surface area contributed by atoms with Crippen molar-refractivity contribution in [3.8, 4) is 5.75 Å². The van der Waals surface area contributed by atoms with Crippen LogP contribution in [0, 0.1) is 6.92 Å². The molecule has 1 N–H and O–H groups in total. The lowest BCUT2D eigenvalue weighted by Crippen LogP contribution is -2.22. The molecule has 0 aliphatic rings. The van der Waals surface area contributed by atoms with Gasteiger partial charge in [-0.3, -0.25) is 0 Å². The molecule has 0 heterocycles. The van der Waals surface area contributed by atoms with E-state index in [1.807, 2.05) is 39.0 Å². The van der Waals surface area contributed by atoms with Crippen LogP contribution in [0.1, 0.15) is 25.0 Å². The van der Waals surface area contributed by atoms with Gasteiger partial charge in [0.2, 0.25) is 0 Å². The van der Waals surface area contributed by atoms with Gasteiger partial charge >= 0.3 is 0 Å². The quantitative estimate of drug-likeness (QED) is 0.799. The van der Waals surface area contributed by atoms with E-state index in [1.165, 1.54) is 0 Å². The summed E-state index contributed by atoms with van der Waals surface area (Å²) in [4.78, 5) is 0. The third kappa shape index (κ3) is 2.07. The zero-order chi connectivity index (χ0) is 10.8. The lowest BCUT2D eigenvalue weighted by Gasteiger charge is -2.23. The van der Waals surface area contributed by atoms with Crippen LogP contribution in [0.5, 0.6) is 5.75 Å². The number of aliphatic hydroxyl groups is 1. The molecule has 0 aliphatic carbocycles. The van der Waals surface area contributed by atoms with E-state index >= 15 is 0 Å². The summed E-state index contributed by atoms with van der Waals surface area (Å²) in [6, 6.07) is 6.05. The maximum absolute atomic E-state index is 9.24. The van der Waals surface area contributed by atoms with Crippen molar-refractivity contribution >= 4 is 0 Å². The second-order valence-electron chi connectivity index (χ2n) is 4.23. The van der Waals surface area contributed by atoms with Gasteiger partial charge in [0.25, 0.3) is 0 Å². The molecule has 0 unspecified atom stereocenters. The van der Waals surface area contributed by atoms with Gasteiger partial charge in [0.15, 0.2) is 0 Å². The van der Waals surface area contributed by atoms with Gasteiger partial charge in [-0.2, -0.15) is 0 Å². The van der Waals surface area contributed by atoms with Gasteiger partial charge in [0.1, 0.15) is 5.75 Å². The van der Waals surface area contributed by atoms with Crippen LogP contribution in [0.2, 0.25) is 0 Å². The number of benzene rings is 1. The standard InChI is InChI=1S/C12H18O2/c1-9-5-6-10(7-11(9)14-4)12(2,3)8-13/h5-7,13H,8H2,1-4H3. The molecule has 1 aromatic rings. The van der Waals surface area contributed by atoms with Crippen molar-refractivity contribution in [2.45, 2.75) is 26.2 Å². The highest BCUT2D eigenvalue weighted by Crippen LogP contribution is 2.27. The summed E-state index contributed by atoms with van der Waals surface area (Å²) in [5, 5.41) is 9.24. The summed E-state index contributed by atoms with van der Waals surface area (Å²) in [5.74, 6) is 0.879. The van der Waals surface area contributed by atoms with Crippen molar-refractivity contribution in [3.05, 3.63) is 29.3 Å². The third-order valence-electron chi connectivity index (χ3n) is 2.58. The smallest absolute Gasteiger partial charge is 0.122 e. The predicted octanol–water partition coefficient (Wildman–Crippen LogP) is 2.27. The lowest BCUT2D eigenvalue weighted by atomic mass is 9.85. The highest BCUT2D eigenvalue weighted by atomic mass is 16.5. The molecule has 0 saturated carbocycles. The predicted molar refractivity (Wildman–Crippen MR) is 57.8 cm³/mol. The van der Waals surface area contributed by atoms with E-state index in [-0.39, 0.29) is 12.0 Å². The van der Waals surface area contributed by atoms with Crippen molar-refractivity contribution in [1.82, 2.24) is 0 Å². The molecular formula is C12H18O2. The summed E-state index contributed by atoms with van der Waals surface area (Å²) >= 11 is 0. The number of rotatable bonds is 3. The Morgan fingerprint density at radius 3 is 2.50 bits per heavy atom. The number of hydrogen-bond acceptors (Lipinski definition) is 2. The maximum atomic E-state index is 9.24. The summed E-state index contributed by atoms with van der Waals surface area (Å²) in [5.41, 5.74) is 2.01. The van der Waals surface area contributed by atoms with E-state index in [2.05, 4.69) is 0 Å². The van der Waals surface area contributed by atoms with Gasteiger partial charge in [0, 0.05) is 5.41 Å². The molecule has 0 spiro atoms. The molecule has 0 aromatic heterocycles. The molecule has 0 saturated heterocycles. The van der Waals surface area contributed by atoms with Crippen molar-refractivity contribution < 1.29 is 9.84 Å². The van der Waals surface area contributed by atoms with Crippen LogP contribution >= 0.6 is 0 Å². The van der Waals surface area contributed by atoms with Gasteiger partial charge in [-0.15, -0.1) is 0 Å². The van der Waals surface area contributed by atoms with Crippen LogP contribution in [0.15, 0.2) is 18.2 Å². The van der Waals surface area contributed by atoms with E-state index in [0.717, 1.165) is 16.9 Å².